The van der Waals surface area contributed by atoms with Crippen molar-refractivity contribution in [3.8, 4) is 11.7 Å². The Hall–Kier alpha value is -2.61. The van der Waals surface area contributed by atoms with E-state index in [1.54, 1.807) is 12.1 Å². The van der Waals surface area contributed by atoms with Crippen LogP contribution in [-0.2, 0) is 6.42 Å². The molecule has 8 heteroatoms. The van der Waals surface area contributed by atoms with E-state index in [4.69, 9.17) is 8.83 Å². The standard InChI is InChI=1S/C16H15BrN4O3/c17-13-9-8-12(23-13)14-20-21-16(24-14)19-15(22)18-10-4-7-11-5-2-1-3-6-11/h1-3,5-6,8-9H,4,7,10H2,(H2,18,19,21,22). The maximum absolute atomic E-state index is 11.8. The van der Waals surface area contributed by atoms with Crippen molar-refractivity contribution < 1.29 is 13.6 Å². The predicted molar refractivity (Wildman–Crippen MR) is 91.5 cm³/mol. The molecule has 3 aromatic rings. The number of carbonyl (C=O) groups is 1. The molecule has 7 nitrogen and oxygen atoms in total. The molecule has 2 amide bonds. The first kappa shape index (κ1) is 16.3. The van der Waals surface area contributed by atoms with Crippen LogP contribution in [-0.4, -0.2) is 22.8 Å². The number of hydrogen-bond acceptors (Lipinski definition) is 5. The van der Waals surface area contributed by atoms with Crippen LogP contribution in [0.25, 0.3) is 11.7 Å². The zero-order valence-corrected chi connectivity index (χ0v) is 14.2. The lowest BCUT2D eigenvalue weighted by atomic mass is 10.1. The van der Waals surface area contributed by atoms with Crippen molar-refractivity contribution in [2.75, 3.05) is 11.9 Å². The number of nitrogens with zero attached hydrogens (tertiary/aromatic N) is 2. The summed E-state index contributed by atoms with van der Waals surface area (Å²) in [7, 11) is 0. The average molecular weight is 391 g/mol. The number of furan rings is 1. The van der Waals surface area contributed by atoms with Crippen molar-refractivity contribution in [2.24, 2.45) is 0 Å². The van der Waals surface area contributed by atoms with Crippen LogP contribution in [0.4, 0.5) is 10.8 Å². The van der Waals surface area contributed by atoms with E-state index in [1.165, 1.54) is 5.56 Å². The van der Waals surface area contributed by atoms with Gasteiger partial charge in [-0.3, -0.25) is 5.32 Å². The van der Waals surface area contributed by atoms with Crippen LogP contribution in [0.1, 0.15) is 12.0 Å². The number of nitrogens with one attached hydrogen (secondary N) is 2. The Morgan fingerprint density at radius 2 is 1.92 bits per heavy atom. The van der Waals surface area contributed by atoms with Gasteiger partial charge in [0, 0.05) is 6.54 Å². The Morgan fingerprint density at radius 3 is 2.67 bits per heavy atom. The van der Waals surface area contributed by atoms with Crippen molar-refractivity contribution in [1.82, 2.24) is 15.5 Å². The van der Waals surface area contributed by atoms with E-state index in [0.29, 0.717) is 17.0 Å². The van der Waals surface area contributed by atoms with Crippen LogP contribution in [0.2, 0.25) is 0 Å². The van der Waals surface area contributed by atoms with Gasteiger partial charge >= 0.3 is 12.0 Å². The molecule has 24 heavy (non-hydrogen) atoms. The summed E-state index contributed by atoms with van der Waals surface area (Å²) < 4.78 is 11.2. The van der Waals surface area contributed by atoms with Gasteiger partial charge in [-0.15, -0.1) is 5.10 Å². The summed E-state index contributed by atoms with van der Waals surface area (Å²) in [6.07, 6.45) is 1.74. The van der Waals surface area contributed by atoms with Crippen LogP contribution < -0.4 is 10.6 Å². The number of aryl methyl sites for hydroxylation is 1. The molecule has 2 heterocycles. The molecule has 0 fully saturated rings. The minimum atomic E-state index is -0.390. The maximum atomic E-state index is 11.8. The third-order valence-electron chi connectivity index (χ3n) is 3.20. The van der Waals surface area contributed by atoms with Gasteiger partial charge in [0.1, 0.15) is 0 Å². The smallest absolute Gasteiger partial charge is 0.324 e. The van der Waals surface area contributed by atoms with Gasteiger partial charge < -0.3 is 14.2 Å². The van der Waals surface area contributed by atoms with E-state index >= 15 is 0 Å². The molecule has 0 radical (unpaired) electrons. The van der Waals surface area contributed by atoms with Crippen LogP contribution in [0, 0.1) is 0 Å². The summed E-state index contributed by atoms with van der Waals surface area (Å²) in [5.74, 6) is 0.616. The van der Waals surface area contributed by atoms with E-state index < -0.39 is 0 Å². The minimum absolute atomic E-state index is 0.0121. The number of benzene rings is 1. The van der Waals surface area contributed by atoms with E-state index in [9.17, 15) is 4.79 Å². The van der Waals surface area contributed by atoms with Crippen molar-refractivity contribution >= 4 is 28.0 Å². The predicted octanol–water partition coefficient (Wildman–Crippen LogP) is 3.85. The molecular formula is C16H15BrN4O3. The number of aromatic nitrogens is 2. The van der Waals surface area contributed by atoms with Crippen molar-refractivity contribution in [3.63, 3.8) is 0 Å². The maximum Gasteiger partial charge on any atom is 0.324 e. The van der Waals surface area contributed by atoms with Gasteiger partial charge in [0.15, 0.2) is 10.4 Å². The number of carbonyl (C=O) groups excluding carboxylic acids is 1. The van der Waals surface area contributed by atoms with E-state index in [-0.39, 0.29) is 17.9 Å². The first-order valence-corrected chi connectivity index (χ1v) is 8.18. The van der Waals surface area contributed by atoms with Crippen LogP contribution >= 0.6 is 15.9 Å². The highest BCUT2D eigenvalue weighted by atomic mass is 79.9. The zero-order chi connectivity index (χ0) is 16.8. The monoisotopic (exact) mass is 390 g/mol. The third-order valence-corrected chi connectivity index (χ3v) is 3.63. The molecule has 0 saturated carbocycles. The fourth-order valence-electron chi connectivity index (χ4n) is 2.08. The van der Waals surface area contributed by atoms with Crippen molar-refractivity contribution in [3.05, 3.63) is 52.7 Å². The Labute approximate surface area is 146 Å². The summed E-state index contributed by atoms with van der Waals surface area (Å²) in [5.41, 5.74) is 1.24. The second-order valence-corrected chi connectivity index (χ2v) is 5.77. The first-order chi connectivity index (χ1) is 11.7. The third kappa shape index (κ3) is 4.45. The van der Waals surface area contributed by atoms with Crippen LogP contribution in [0.15, 0.2) is 56.0 Å². The molecule has 0 saturated heterocycles. The molecule has 124 valence electrons. The Balaban J connectivity index is 1.43. The molecule has 1 aromatic carbocycles. The molecule has 0 aliphatic heterocycles. The van der Waals surface area contributed by atoms with Crippen LogP contribution in [0.3, 0.4) is 0 Å². The molecule has 0 bridgehead atoms. The van der Waals surface area contributed by atoms with Gasteiger partial charge in [-0.2, -0.15) is 0 Å². The van der Waals surface area contributed by atoms with E-state index in [2.05, 4.69) is 48.9 Å². The van der Waals surface area contributed by atoms with Crippen molar-refractivity contribution in [2.45, 2.75) is 12.8 Å². The van der Waals surface area contributed by atoms with E-state index in [1.807, 2.05) is 18.2 Å². The minimum Gasteiger partial charge on any atom is -0.444 e. The molecule has 0 spiro atoms. The molecule has 3 rings (SSSR count). The summed E-state index contributed by atoms with van der Waals surface area (Å²) in [4.78, 5) is 11.8. The first-order valence-electron chi connectivity index (χ1n) is 7.39. The Kier molecular flexibility index (Phi) is 5.27. The number of halogens is 1. The number of amides is 2. The summed E-state index contributed by atoms with van der Waals surface area (Å²) in [5, 5.41) is 12.8. The fourth-order valence-corrected chi connectivity index (χ4v) is 2.39. The van der Waals surface area contributed by atoms with Crippen molar-refractivity contribution in [1.29, 1.82) is 0 Å². The van der Waals surface area contributed by atoms with Gasteiger partial charge in [-0.1, -0.05) is 35.4 Å². The highest BCUT2D eigenvalue weighted by Gasteiger charge is 2.13. The van der Waals surface area contributed by atoms with Gasteiger partial charge in [0.2, 0.25) is 0 Å². The number of urea groups is 1. The number of anilines is 1. The van der Waals surface area contributed by atoms with Gasteiger partial charge in [-0.25, -0.2) is 4.79 Å². The normalized spacial score (nSPS) is 10.5. The average Bonchev–Trinajstić information content (AvgIpc) is 3.21. The number of hydrogen-bond donors (Lipinski definition) is 2. The molecule has 2 N–H and O–H groups in total. The lowest BCUT2D eigenvalue weighted by molar-refractivity contribution is 0.251. The molecule has 0 unspecified atom stereocenters. The quantitative estimate of drug-likeness (QED) is 0.623. The highest BCUT2D eigenvalue weighted by Crippen LogP contribution is 2.24. The SMILES string of the molecule is O=C(NCCCc1ccccc1)Nc1nnc(-c2ccc(Br)o2)o1. The second kappa shape index (κ2) is 7.78. The summed E-state index contributed by atoms with van der Waals surface area (Å²) in [6, 6.07) is 13.1. The van der Waals surface area contributed by atoms with Gasteiger partial charge in [0.25, 0.3) is 5.89 Å². The lowest BCUT2D eigenvalue weighted by Crippen LogP contribution is -2.29. The highest BCUT2D eigenvalue weighted by molar-refractivity contribution is 9.10. The lowest BCUT2D eigenvalue weighted by Gasteiger charge is -2.04. The second-order valence-electron chi connectivity index (χ2n) is 4.99. The summed E-state index contributed by atoms with van der Waals surface area (Å²) in [6.45, 7) is 0.548. The molecule has 0 atom stereocenters. The largest absolute Gasteiger partial charge is 0.444 e. The fraction of sp³-hybridized carbons (Fsp3) is 0.188. The van der Waals surface area contributed by atoms with E-state index in [0.717, 1.165) is 12.8 Å². The molecule has 0 aliphatic rings. The molecular weight excluding hydrogens is 376 g/mol. The molecule has 0 aliphatic carbocycles. The summed E-state index contributed by atoms with van der Waals surface area (Å²) >= 11 is 3.19. The Bertz CT molecular complexity index is 801. The number of rotatable bonds is 6. The van der Waals surface area contributed by atoms with Gasteiger partial charge in [-0.05, 0) is 46.5 Å². The van der Waals surface area contributed by atoms with Crippen LogP contribution in [0.5, 0.6) is 0 Å². The topological polar surface area (TPSA) is 93.2 Å². The van der Waals surface area contributed by atoms with Gasteiger partial charge in [0.05, 0.1) is 0 Å². The zero-order valence-electron chi connectivity index (χ0n) is 12.7. The molecule has 2 aromatic heterocycles. The Morgan fingerprint density at radius 1 is 1.08 bits per heavy atom.